The Labute approximate surface area is 94.2 Å². The van der Waals surface area contributed by atoms with E-state index < -0.39 is 0 Å². The van der Waals surface area contributed by atoms with E-state index in [4.69, 9.17) is 0 Å². The van der Waals surface area contributed by atoms with Crippen LogP contribution in [0.25, 0.3) is 0 Å². The first-order valence-electron chi connectivity index (χ1n) is 6.81. The highest BCUT2D eigenvalue weighted by molar-refractivity contribution is 4.82. The Morgan fingerprint density at radius 3 is 2.67 bits per heavy atom. The third-order valence-electron chi connectivity index (χ3n) is 3.99. The van der Waals surface area contributed by atoms with Gasteiger partial charge in [-0.15, -0.1) is 0 Å². The highest BCUT2D eigenvalue weighted by Crippen LogP contribution is 2.20. The molecule has 2 nitrogen and oxygen atoms in total. The van der Waals surface area contributed by atoms with E-state index in [0.717, 1.165) is 18.0 Å². The Bertz CT molecular complexity index is 173. The molecule has 2 heterocycles. The molecule has 2 aliphatic heterocycles. The molecule has 2 rings (SSSR count). The van der Waals surface area contributed by atoms with Crippen LogP contribution in [-0.4, -0.2) is 25.2 Å². The van der Waals surface area contributed by atoms with E-state index in [-0.39, 0.29) is 0 Å². The van der Waals surface area contributed by atoms with Gasteiger partial charge in [-0.1, -0.05) is 19.8 Å². The summed E-state index contributed by atoms with van der Waals surface area (Å²) in [6.07, 6.45) is 9.74. The summed E-state index contributed by atoms with van der Waals surface area (Å²) in [5, 5.41) is 7.38. The van der Waals surface area contributed by atoms with Gasteiger partial charge in [0.15, 0.2) is 0 Å². The SMILES string of the molecule is CC1CCNC(CC2CCCCCN2)C1. The average molecular weight is 210 g/mol. The molecule has 0 aromatic heterocycles. The summed E-state index contributed by atoms with van der Waals surface area (Å²) in [5.74, 6) is 0.932. The number of hydrogen-bond donors (Lipinski definition) is 2. The Kier molecular flexibility index (Phi) is 4.45. The molecular formula is C13H26N2. The van der Waals surface area contributed by atoms with Gasteiger partial charge in [-0.2, -0.15) is 0 Å². The smallest absolute Gasteiger partial charge is 0.00844 e. The minimum absolute atomic E-state index is 0.782. The minimum atomic E-state index is 0.782. The van der Waals surface area contributed by atoms with Crippen LogP contribution in [0.1, 0.15) is 51.9 Å². The molecule has 0 radical (unpaired) electrons. The maximum absolute atomic E-state index is 3.70. The van der Waals surface area contributed by atoms with E-state index >= 15 is 0 Å². The van der Waals surface area contributed by atoms with Gasteiger partial charge in [0.05, 0.1) is 0 Å². The van der Waals surface area contributed by atoms with Gasteiger partial charge in [-0.05, 0) is 51.1 Å². The molecule has 0 aromatic rings. The Hall–Kier alpha value is -0.0800. The number of piperidine rings is 1. The van der Waals surface area contributed by atoms with E-state index in [9.17, 15) is 0 Å². The summed E-state index contributed by atoms with van der Waals surface area (Å²) in [6.45, 7) is 4.87. The second kappa shape index (κ2) is 5.86. The van der Waals surface area contributed by atoms with Gasteiger partial charge in [0.2, 0.25) is 0 Å². The van der Waals surface area contributed by atoms with Crippen molar-refractivity contribution in [2.75, 3.05) is 13.1 Å². The molecule has 0 bridgehead atoms. The van der Waals surface area contributed by atoms with Crippen molar-refractivity contribution in [2.24, 2.45) is 5.92 Å². The van der Waals surface area contributed by atoms with Crippen LogP contribution < -0.4 is 10.6 Å². The van der Waals surface area contributed by atoms with Crippen molar-refractivity contribution in [3.8, 4) is 0 Å². The van der Waals surface area contributed by atoms with Crippen molar-refractivity contribution in [3.05, 3.63) is 0 Å². The molecule has 0 aliphatic carbocycles. The lowest BCUT2D eigenvalue weighted by Gasteiger charge is -2.31. The summed E-state index contributed by atoms with van der Waals surface area (Å²) in [5.41, 5.74) is 0. The first-order valence-corrected chi connectivity index (χ1v) is 6.81. The van der Waals surface area contributed by atoms with Crippen LogP contribution in [0.4, 0.5) is 0 Å². The predicted molar refractivity (Wildman–Crippen MR) is 65.1 cm³/mol. The second-order valence-corrected chi connectivity index (χ2v) is 5.52. The third-order valence-corrected chi connectivity index (χ3v) is 3.99. The Morgan fingerprint density at radius 2 is 1.80 bits per heavy atom. The fourth-order valence-corrected chi connectivity index (χ4v) is 3.05. The molecule has 0 amide bonds. The maximum Gasteiger partial charge on any atom is 0.00844 e. The quantitative estimate of drug-likeness (QED) is 0.731. The Morgan fingerprint density at radius 1 is 0.933 bits per heavy atom. The maximum atomic E-state index is 3.70. The van der Waals surface area contributed by atoms with Crippen LogP contribution >= 0.6 is 0 Å². The van der Waals surface area contributed by atoms with Crippen molar-refractivity contribution in [1.29, 1.82) is 0 Å². The van der Waals surface area contributed by atoms with E-state index in [2.05, 4.69) is 17.6 Å². The molecule has 3 atom stereocenters. The first kappa shape index (κ1) is 11.4. The van der Waals surface area contributed by atoms with Gasteiger partial charge in [0.1, 0.15) is 0 Å². The molecule has 15 heavy (non-hydrogen) atoms. The lowest BCUT2D eigenvalue weighted by atomic mass is 9.90. The van der Waals surface area contributed by atoms with Crippen molar-refractivity contribution in [3.63, 3.8) is 0 Å². The van der Waals surface area contributed by atoms with Gasteiger partial charge in [0.25, 0.3) is 0 Å². The zero-order chi connectivity index (χ0) is 10.5. The van der Waals surface area contributed by atoms with Crippen LogP contribution in [0, 0.1) is 5.92 Å². The fraction of sp³-hybridized carbons (Fsp3) is 1.00. The third kappa shape index (κ3) is 3.76. The van der Waals surface area contributed by atoms with Gasteiger partial charge >= 0.3 is 0 Å². The van der Waals surface area contributed by atoms with Crippen LogP contribution in [0.5, 0.6) is 0 Å². The second-order valence-electron chi connectivity index (χ2n) is 5.52. The van der Waals surface area contributed by atoms with E-state index in [1.165, 1.54) is 58.0 Å². The molecule has 0 spiro atoms. The van der Waals surface area contributed by atoms with Crippen LogP contribution in [0.15, 0.2) is 0 Å². The van der Waals surface area contributed by atoms with Gasteiger partial charge in [0, 0.05) is 12.1 Å². The molecule has 2 aliphatic rings. The number of hydrogen-bond acceptors (Lipinski definition) is 2. The molecular weight excluding hydrogens is 184 g/mol. The van der Waals surface area contributed by atoms with Crippen LogP contribution in [-0.2, 0) is 0 Å². The molecule has 2 heteroatoms. The fourth-order valence-electron chi connectivity index (χ4n) is 3.05. The molecule has 2 fully saturated rings. The Balaban J connectivity index is 1.74. The zero-order valence-corrected chi connectivity index (χ0v) is 10.1. The summed E-state index contributed by atoms with van der Waals surface area (Å²) < 4.78 is 0. The van der Waals surface area contributed by atoms with E-state index in [1.807, 2.05) is 0 Å². The molecule has 3 unspecified atom stereocenters. The molecule has 0 aromatic carbocycles. The molecule has 2 saturated heterocycles. The van der Waals surface area contributed by atoms with Crippen molar-refractivity contribution < 1.29 is 0 Å². The molecule has 88 valence electrons. The highest BCUT2D eigenvalue weighted by Gasteiger charge is 2.22. The van der Waals surface area contributed by atoms with E-state index in [1.54, 1.807) is 0 Å². The summed E-state index contributed by atoms with van der Waals surface area (Å²) in [6, 6.07) is 1.57. The summed E-state index contributed by atoms with van der Waals surface area (Å²) in [7, 11) is 0. The standard InChI is InChI=1S/C13H26N2/c1-11-6-8-15-13(9-11)10-12-5-3-2-4-7-14-12/h11-15H,2-10H2,1H3. The molecule has 0 saturated carbocycles. The highest BCUT2D eigenvalue weighted by atomic mass is 15.0. The number of nitrogens with one attached hydrogen (secondary N) is 2. The molecule has 2 N–H and O–H groups in total. The van der Waals surface area contributed by atoms with E-state index in [0.29, 0.717) is 0 Å². The topological polar surface area (TPSA) is 24.1 Å². The van der Waals surface area contributed by atoms with Crippen LogP contribution in [0.2, 0.25) is 0 Å². The van der Waals surface area contributed by atoms with Crippen LogP contribution in [0.3, 0.4) is 0 Å². The van der Waals surface area contributed by atoms with Gasteiger partial charge in [-0.25, -0.2) is 0 Å². The lowest BCUT2D eigenvalue weighted by Crippen LogP contribution is -2.42. The first-order chi connectivity index (χ1) is 7.34. The summed E-state index contributed by atoms with van der Waals surface area (Å²) in [4.78, 5) is 0. The van der Waals surface area contributed by atoms with Gasteiger partial charge < -0.3 is 10.6 Å². The van der Waals surface area contributed by atoms with Crippen molar-refractivity contribution >= 4 is 0 Å². The largest absolute Gasteiger partial charge is 0.314 e. The number of rotatable bonds is 2. The lowest BCUT2D eigenvalue weighted by molar-refractivity contribution is 0.281. The van der Waals surface area contributed by atoms with Crippen molar-refractivity contribution in [2.45, 2.75) is 64.0 Å². The minimum Gasteiger partial charge on any atom is -0.314 e. The van der Waals surface area contributed by atoms with Crippen molar-refractivity contribution in [1.82, 2.24) is 10.6 Å². The zero-order valence-electron chi connectivity index (χ0n) is 10.1. The predicted octanol–water partition coefficient (Wildman–Crippen LogP) is 2.30. The normalized spacial score (nSPS) is 38.6. The summed E-state index contributed by atoms with van der Waals surface area (Å²) >= 11 is 0. The van der Waals surface area contributed by atoms with Gasteiger partial charge in [-0.3, -0.25) is 0 Å². The average Bonchev–Trinajstić information content (AvgIpc) is 2.46. The monoisotopic (exact) mass is 210 g/mol.